The van der Waals surface area contributed by atoms with E-state index in [4.69, 9.17) is 16.7 Å². The van der Waals surface area contributed by atoms with Gasteiger partial charge >= 0.3 is 5.97 Å². The molecule has 88 valence electrons. The van der Waals surface area contributed by atoms with E-state index in [0.717, 1.165) is 25.0 Å². The molecule has 0 bridgehead atoms. The summed E-state index contributed by atoms with van der Waals surface area (Å²) in [4.78, 5) is 15.0. The highest BCUT2D eigenvalue weighted by Gasteiger charge is 2.12. The van der Waals surface area contributed by atoms with Gasteiger partial charge in [0.15, 0.2) is 0 Å². The number of hydrogen-bond acceptors (Lipinski definition) is 3. The van der Waals surface area contributed by atoms with E-state index in [2.05, 4.69) is 11.9 Å². The first-order valence-corrected chi connectivity index (χ1v) is 6.54. The predicted molar refractivity (Wildman–Crippen MR) is 66.5 cm³/mol. The highest BCUT2D eigenvalue weighted by molar-refractivity contribution is 7.99. The molecule has 0 aliphatic rings. The lowest BCUT2D eigenvalue weighted by Gasteiger charge is -2.04. The van der Waals surface area contributed by atoms with Crippen molar-refractivity contribution < 1.29 is 9.90 Å². The molecule has 1 rings (SSSR count). The predicted octanol–water partition coefficient (Wildman–Crippen LogP) is 3.72. The number of carboxylic acid groups (broad SMARTS) is 1. The minimum absolute atomic E-state index is 0.228. The Morgan fingerprint density at radius 3 is 2.88 bits per heavy atom. The number of pyridine rings is 1. The maximum Gasteiger partial charge on any atom is 0.338 e. The van der Waals surface area contributed by atoms with Crippen molar-refractivity contribution in [2.75, 3.05) is 5.75 Å². The molecular formula is C11H14ClNO2S. The van der Waals surface area contributed by atoms with Gasteiger partial charge in [-0.25, -0.2) is 9.78 Å². The summed E-state index contributed by atoms with van der Waals surface area (Å²) < 4.78 is 0. The van der Waals surface area contributed by atoms with Crippen LogP contribution in [0.2, 0.25) is 5.15 Å². The Hall–Kier alpha value is -0.740. The number of thioether (sulfide) groups is 1. The van der Waals surface area contributed by atoms with Gasteiger partial charge in [-0.3, -0.25) is 0 Å². The van der Waals surface area contributed by atoms with Gasteiger partial charge in [0.2, 0.25) is 0 Å². The monoisotopic (exact) mass is 259 g/mol. The van der Waals surface area contributed by atoms with Crippen LogP contribution in [0.3, 0.4) is 0 Å². The van der Waals surface area contributed by atoms with Crippen LogP contribution >= 0.6 is 23.4 Å². The van der Waals surface area contributed by atoms with Gasteiger partial charge in [0, 0.05) is 0 Å². The third kappa shape index (κ3) is 4.02. The molecule has 1 aromatic rings. The molecule has 16 heavy (non-hydrogen) atoms. The van der Waals surface area contributed by atoms with E-state index < -0.39 is 5.97 Å². The topological polar surface area (TPSA) is 50.2 Å². The molecule has 0 radical (unpaired) electrons. The van der Waals surface area contributed by atoms with Crippen molar-refractivity contribution in [3.63, 3.8) is 0 Å². The van der Waals surface area contributed by atoms with Crippen molar-refractivity contribution in [3.8, 4) is 0 Å². The zero-order chi connectivity index (χ0) is 12.0. The number of carboxylic acids is 1. The van der Waals surface area contributed by atoms with Gasteiger partial charge in [0.05, 0.1) is 5.56 Å². The summed E-state index contributed by atoms with van der Waals surface area (Å²) in [5, 5.41) is 9.81. The van der Waals surface area contributed by atoms with Crippen LogP contribution in [0.1, 0.15) is 36.5 Å². The van der Waals surface area contributed by atoms with Crippen LogP contribution in [0, 0.1) is 0 Å². The van der Waals surface area contributed by atoms with Crippen LogP contribution in [0.4, 0.5) is 0 Å². The molecule has 0 unspecified atom stereocenters. The Morgan fingerprint density at radius 2 is 2.25 bits per heavy atom. The second kappa shape index (κ2) is 6.76. The molecular weight excluding hydrogens is 246 g/mol. The zero-order valence-corrected chi connectivity index (χ0v) is 10.6. The summed E-state index contributed by atoms with van der Waals surface area (Å²) in [5.74, 6) is -0.0799. The molecule has 0 amide bonds. The van der Waals surface area contributed by atoms with Crippen molar-refractivity contribution in [1.29, 1.82) is 0 Å². The van der Waals surface area contributed by atoms with Crippen molar-refractivity contribution in [2.45, 2.75) is 31.2 Å². The summed E-state index contributed by atoms with van der Waals surface area (Å²) >= 11 is 7.20. The van der Waals surface area contributed by atoms with Crippen LogP contribution in [0.25, 0.3) is 0 Å². The van der Waals surface area contributed by atoms with Crippen LogP contribution in [-0.4, -0.2) is 21.8 Å². The van der Waals surface area contributed by atoms with Crippen LogP contribution in [-0.2, 0) is 0 Å². The molecule has 0 atom stereocenters. The molecule has 0 aliphatic carbocycles. The van der Waals surface area contributed by atoms with E-state index in [1.807, 2.05) is 0 Å². The number of aromatic nitrogens is 1. The number of nitrogens with zero attached hydrogens (tertiary/aromatic N) is 1. The Morgan fingerprint density at radius 1 is 1.50 bits per heavy atom. The summed E-state index contributed by atoms with van der Waals surface area (Å²) in [6, 6.07) is 3.00. The summed E-state index contributed by atoms with van der Waals surface area (Å²) in [6.45, 7) is 2.13. The lowest BCUT2D eigenvalue weighted by atomic mass is 10.3. The molecule has 1 heterocycles. The first-order chi connectivity index (χ1) is 7.65. The SMILES string of the molecule is CCCCCSc1nc(Cl)ccc1C(=O)O. The highest BCUT2D eigenvalue weighted by atomic mass is 35.5. The first kappa shape index (κ1) is 13.3. The number of carbonyl (C=O) groups is 1. The minimum atomic E-state index is -0.956. The molecule has 0 aromatic carbocycles. The Kier molecular flexibility index (Phi) is 5.63. The van der Waals surface area contributed by atoms with Gasteiger partial charge in [-0.15, -0.1) is 11.8 Å². The molecule has 0 saturated heterocycles. The second-order valence-corrected chi connectivity index (χ2v) is 4.82. The largest absolute Gasteiger partial charge is 0.478 e. The summed E-state index contributed by atoms with van der Waals surface area (Å²) in [7, 11) is 0. The number of rotatable bonds is 6. The summed E-state index contributed by atoms with van der Waals surface area (Å²) in [6.07, 6.45) is 3.36. The number of unbranched alkanes of at least 4 members (excludes halogenated alkanes) is 2. The van der Waals surface area contributed by atoms with E-state index in [1.165, 1.54) is 23.9 Å². The van der Waals surface area contributed by atoms with Crippen LogP contribution < -0.4 is 0 Å². The molecule has 0 fully saturated rings. The maximum absolute atomic E-state index is 10.9. The van der Waals surface area contributed by atoms with E-state index in [-0.39, 0.29) is 5.56 Å². The van der Waals surface area contributed by atoms with Gasteiger partial charge in [-0.1, -0.05) is 31.4 Å². The van der Waals surface area contributed by atoms with Crippen molar-refractivity contribution in [3.05, 3.63) is 22.8 Å². The van der Waals surface area contributed by atoms with Crippen molar-refractivity contribution in [1.82, 2.24) is 4.98 Å². The third-order valence-electron chi connectivity index (χ3n) is 2.04. The lowest BCUT2D eigenvalue weighted by molar-refractivity contribution is 0.0692. The number of halogens is 1. The van der Waals surface area contributed by atoms with Gasteiger partial charge in [0.1, 0.15) is 10.2 Å². The fraction of sp³-hybridized carbons (Fsp3) is 0.455. The Bertz CT molecular complexity index is 371. The fourth-order valence-corrected chi connectivity index (χ4v) is 2.42. The van der Waals surface area contributed by atoms with E-state index in [9.17, 15) is 4.79 Å². The first-order valence-electron chi connectivity index (χ1n) is 5.17. The molecule has 1 N–H and O–H groups in total. The molecule has 0 spiro atoms. The van der Waals surface area contributed by atoms with E-state index in [0.29, 0.717) is 10.2 Å². The molecule has 0 saturated carbocycles. The quantitative estimate of drug-likeness (QED) is 0.481. The average Bonchev–Trinajstić information content (AvgIpc) is 2.24. The normalized spacial score (nSPS) is 10.4. The van der Waals surface area contributed by atoms with Gasteiger partial charge in [0.25, 0.3) is 0 Å². The Balaban J connectivity index is 2.68. The van der Waals surface area contributed by atoms with Gasteiger partial charge in [-0.05, 0) is 24.3 Å². The second-order valence-electron chi connectivity index (χ2n) is 3.35. The molecule has 3 nitrogen and oxygen atoms in total. The van der Waals surface area contributed by atoms with E-state index in [1.54, 1.807) is 0 Å². The van der Waals surface area contributed by atoms with E-state index >= 15 is 0 Å². The third-order valence-corrected chi connectivity index (χ3v) is 3.33. The standard InChI is InChI=1S/C11H14ClNO2S/c1-2-3-4-7-16-10-8(11(14)15)5-6-9(12)13-10/h5-6H,2-4,7H2,1H3,(H,14,15). The smallest absolute Gasteiger partial charge is 0.338 e. The highest BCUT2D eigenvalue weighted by Crippen LogP contribution is 2.23. The average molecular weight is 260 g/mol. The molecule has 1 aromatic heterocycles. The van der Waals surface area contributed by atoms with Crippen LogP contribution in [0.15, 0.2) is 17.2 Å². The Labute approximate surface area is 104 Å². The van der Waals surface area contributed by atoms with Gasteiger partial charge < -0.3 is 5.11 Å². The lowest BCUT2D eigenvalue weighted by Crippen LogP contribution is -2.01. The maximum atomic E-state index is 10.9. The number of hydrogen-bond donors (Lipinski definition) is 1. The summed E-state index contributed by atoms with van der Waals surface area (Å²) in [5.41, 5.74) is 0.228. The fourth-order valence-electron chi connectivity index (χ4n) is 1.21. The van der Waals surface area contributed by atoms with Crippen molar-refractivity contribution in [2.24, 2.45) is 0 Å². The molecule has 0 aliphatic heterocycles. The van der Waals surface area contributed by atoms with Crippen LogP contribution in [0.5, 0.6) is 0 Å². The van der Waals surface area contributed by atoms with Gasteiger partial charge in [-0.2, -0.15) is 0 Å². The minimum Gasteiger partial charge on any atom is -0.478 e. The zero-order valence-electron chi connectivity index (χ0n) is 9.07. The van der Waals surface area contributed by atoms with Crippen molar-refractivity contribution >= 4 is 29.3 Å². The molecule has 5 heteroatoms. The number of aromatic carboxylic acids is 1.